The lowest BCUT2D eigenvalue weighted by atomic mass is 9.98. The molecule has 2 N–H and O–H groups in total. The molecular formula is C36H50ClN5O2S. The Morgan fingerprint density at radius 1 is 1.13 bits per heavy atom. The van der Waals surface area contributed by atoms with Crippen molar-refractivity contribution in [3.05, 3.63) is 80.2 Å². The zero-order chi connectivity index (χ0) is 33.8. The van der Waals surface area contributed by atoms with Crippen LogP contribution in [0, 0.1) is 34.6 Å². The van der Waals surface area contributed by atoms with Crippen molar-refractivity contribution in [1.82, 2.24) is 14.3 Å². The Balaban J connectivity index is 0.000000692. The van der Waals surface area contributed by atoms with Gasteiger partial charge in [0.2, 0.25) is 5.91 Å². The van der Waals surface area contributed by atoms with Crippen LogP contribution in [0.3, 0.4) is 0 Å². The topological polar surface area (TPSA) is 87.4 Å². The molecule has 2 aromatic heterocycles. The van der Waals surface area contributed by atoms with Gasteiger partial charge in [-0.15, -0.1) is 12.6 Å². The van der Waals surface area contributed by atoms with Crippen LogP contribution in [0.25, 0.3) is 22.0 Å². The first-order valence-corrected chi connectivity index (χ1v) is 16.4. The molecule has 1 amide bonds. The van der Waals surface area contributed by atoms with Gasteiger partial charge in [0.05, 0.1) is 22.8 Å². The Hall–Kier alpha value is -3.49. The summed E-state index contributed by atoms with van der Waals surface area (Å²) < 4.78 is 10.2. The molecular weight excluding hydrogens is 602 g/mol. The molecule has 9 heteroatoms. The van der Waals surface area contributed by atoms with Gasteiger partial charge in [-0.3, -0.25) is 14.5 Å². The number of para-hydroxylation sites is 1. The van der Waals surface area contributed by atoms with E-state index in [4.69, 9.17) is 22.1 Å². The van der Waals surface area contributed by atoms with E-state index in [-0.39, 0.29) is 5.91 Å². The third-order valence-electron chi connectivity index (χ3n) is 7.63. The average Bonchev–Trinajstić information content (AvgIpc) is 3.43. The third kappa shape index (κ3) is 9.50. The Bertz CT molecular complexity index is 1630. The number of benzene rings is 2. The van der Waals surface area contributed by atoms with E-state index in [1.54, 1.807) is 0 Å². The minimum Gasteiger partial charge on any atom is -0.494 e. The molecule has 0 fully saturated rings. The van der Waals surface area contributed by atoms with E-state index in [2.05, 4.69) is 66.1 Å². The van der Waals surface area contributed by atoms with Gasteiger partial charge in [0.15, 0.2) is 0 Å². The van der Waals surface area contributed by atoms with Crippen LogP contribution in [-0.4, -0.2) is 33.6 Å². The van der Waals surface area contributed by atoms with Crippen LogP contribution >= 0.6 is 24.2 Å². The predicted octanol–water partition coefficient (Wildman–Crippen LogP) is 9.02. The van der Waals surface area contributed by atoms with Crippen LogP contribution in [0.4, 0.5) is 0 Å². The zero-order valence-electron chi connectivity index (χ0n) is 28.4. The summed E-state index contributed by atoms with van der Waals surface area (Å²) in [6.45, 7) is 20.7. The molecule has 0 bridgehead atoms. The number of allylic oxidation sites excluding steroid dienone is 1. The van der Waals surface area contributed by atoms with E-state index in [9.17, 15) is 4.79 Å². The summed E-state index contributed by atoms with van der Waals surface area (Å²) >= 11 is 10.2. The number of hydrogen-bond donors (Lipinski definition) is 2. The molecule has 2 heterocycles. The molecule has 0 aliphatic rings. The van der Waals surface area contributed by atoms with Gasteiger partial charge in [-0.25, -0.2) is 0 Å². The number of fused-ring (bicyclic) bond motifs is 1. The Morgan fingerprint density at radius 3 is 2.29 bits per heavy atom. The molecule has 0 radical (unpaired) electrons. The van der Waals surface area contributed by atoms with Crippen LogP contribution in [0.2, 0.25) is 5.02 Å². The molecule has 0 unspecified atom stereocenters. The third-order valence-corrected chi connectivity index (χ3v) is 8.55. The van der Waals surface area contributed by atoms with Crippen LogP contribution in [0.15, 0.2) is 46.4 Å². The quantitative estimate of drug-likeness (QED) is 0.0964. The van der Waals surface area contributed by atoms with Gasteiger partial charge >= 0.3 is 0 Å². The van der Waals surface area contributed by atoms with Crippen molar-refractivity contribution < 1.29 is 9.53 Å². The highest BCUT2D eigenvalue weighted by Crippen LogP contribution is 2.37. The van der Waals surface area contributed by atoms with Crippen molar-refractivity contribution in [2.75, 3.05) is 6.61 Å². The number of ether oxygens (including phenoxy) is 1. The first-order valence-electron chi connectivity index (χ1n) is 15.6. The van der Waals surface area contributed by atoms with Gasteiger partial charge in [-0.05, 0) is 89.4 Å². The summed E-state index contributed by atoms with van der Waals surface area (Å²) in [5.74, 6) is 0.547. The van der Waals surface area contributed by atoms with Crippen molar-refractivity contribution in [1.29, 1.82) is 0 Å². The van der Waals surface area contributed by atoms with Crippen molar-refractivity contribution in [2.24, 2.45) is 17.8 Å². The standard InChI is InChI=1S/C29H35ClN4O2.C5H9NS.C2H6/c1-17-15-22(16-18(2)28(17)30)36-14-8-11-23-20(4)34(13-12-26(31)35)29-24(23)9-7-10-25(29)27-19(3)32-33(6)21(27)5;1-3-4-5(7)6-2;1-2/h7,9-10,15-16H,8,11-14H2,1-6H3,(H2,31,35);4,7H,2-3H2,1H3;1-2H3/b;5-4+;. The van der Waals surface area contributed by atoms with Crippen LogP contribution in [-0.2, 0) is 24.8 Å². The number of aryl methyl sites for hydroxylation is 6. The molecule has 0 saturated carbocycles. The fourth-order valence-electron chi connectivity index (χ4n) is 5.46. The number of aliphatic imine (C=N–C) groups is 1. The molecule has 4 rings (SSSR count). The summed E-state index contributed by atoms with van der Waals surface area (Å²) in [6, 6.07) is 10.4. The highest BCUT2D eigenvalue weighted by Gasteiger charge is 2.21. The number of carbonyl (C=O) groups excluding carboxylic acids is 1. The van der Waals surface area contributed by atoms with E-state index < -0.39 is 0 Å². The maximum absolute atomic E-state index is 11.7. The molecule has 0 aliphatic carbocycles. The molecule has 45 heavy (non-hydrogen) atoms. The number of halogens is 1. The number of rotatable bonds is 11. The fourth-order valence-corrected chi connectivity index (χ4v) is 5.75. The van der Waals surface area contributed by atoms with E-state index in [0.29, 0.717) is 24.6 Å². The van der Waals surface area contributed by atoms with Gasteiger partial charge < -0.3 is 15.0 Å². The Kier molecular flexibility index (Phi) is 15.0. The van der Waals surface area contributed by atoms with Crippen molar-refractivity contribution >= 4 is 47.8 Å². The smallest absolute Gasteiger partial charge is 0.219 e. The van der Waals surface area contributed by atoms with Crippen molar-refractivity contribution in [2.45, 2.75) is 87.6 Å². The summed E-state index contributed by atoms with van der Waals surface area (Å²) in [6.07, 6.45) is 4.90. The number of nitrogens with zero attached hydrogens (tertiary/aromatic N) is 4. The van der Waals surface area contributed by atoms with Gasteiger partial charge in [0.25, 0.3) is 0 Å². The average molecular weight is 652 g/mol. The van der Waals surface area contributed by atoms with Crippen LogP contribution < -0.4 is 10.5 Å². The van der Waals surface area contributed by atoms with Gasteiger partial charge in [0.1, 0.15) is 5.75 Å². The molecule has 0 saturated heterocycles. The fraction of sp³-hybridized carbons (Fsp3) is 0.417. The molecule has 0 aliphatic heterocycles. The lowest BCUT2D eigenvalue weighted by Crippen LogP contribution is -2.14. The van der Waals surface area contributed by atoms with Crippen molar-refractivity contribution in [3.63, 3.8) is 0 Å². The van der Waals surface area contributed by atoms with E-state index >= 15 is 0 Å². The minimum absolute atomic E-state index is 0.293. The van der Waals surface area contributed by atoms with E-state index in [1.807, 2.05) is 71.5 Å². The molecule has 244 valence electrons. The van der Waals surface area contributed by atoms with Crippen molar-refractivity contribution in [3.8, 4) is 16.9 Å². The summed E-state index contributed by atoms with van der Waals surface area (Å²) in [7, 11) is 1.97. The maximum Gasteiger partial charge on any atom is 0.219 e. The number of thiol groups is 1. The number of amides is 1. The number of hydrogen-bond acceptors (Lipinski definition) is 5. The minimum atomic E-state index is -0.300. The van der Waals surface area contributed by atoms with Gasteiger partial charge in [-0.1, -0.05) is 56.6 Å². The summed E-state index contributed by atoms with van der Waals surface area (Å²) in [5.41, 5.74) is 15.5. The summed E-state index contributed by atoms with van der Waals surface area (Å²) in [4.78, 5) is 15.2. The van der Waals surface area contributed by atoms with E-state index in [0.717, 1.165) is 74.9 Å². The molecule has 0 spiro atoms. The first kappa shape index (κ1) is 37.7. The van der Waals surface area contributed by atoms with Crippen LogP contribution in [0.5, 0.6) is 5.75 Å². The highest BCUT2D eigenvalue weighted by molar-refractivity contribution is 7.84. The summed E-state index contributed by atoms with van der Waals surface area (Å²) in [5, 5.41) is 7.35. The van der Waals surface area contributed by atoms with Gasteiger partial charge in [-0.2, -0.15) is 5.10 Å². The number of nitrogens with two attached hydrogens (primary N) is 1. The second-order valence-electron chi connectivity index (χ2n) is 10.8. The maximum atomic E-state index is 11.7. The molecule has 2 aromatic carbocycles. The van der Waals surface area contributed by atoms with Crippen LogP contribution in [0.1, 0.15) is 73.8 Å². The Labute approximate surface area is 279 Å². The predicted molar refractivity (Wildman–Crippen MR) is 195 cm³/mol. The molecule has 0 atom stereocenters. The number of aromatic nitrogens is 3. The molecule has 7 nitrogen and oxygen atoms in total. The highest BCUT2D eigenvalue weighted by atomic mass is 35.5. The van der Waals surface area contributed by atoms with E-state index in [1.165, 1.54) is 10.9 Å². The monoisotopic (exact) mass is 651 g/mol. The zero-order valence-corrected chi connectivity index (χ0v) is 30.1. The lowest BCUT2D eigenvalue weighted by Gasteiger charge is -2.12. The normalized spacial score (nSPS) is 11.0. The number of primary amides is 1. The second kappa shape index (κ2) is 17.9. The SMILES string of the molecule is C=N/C(S)=C\CC.CC.Cc1cc(OCCCc2c(C)n(CCC(N)=O)c3c(-c4c(C)nn(C)c4C)cccc23)cc(C)c1Cl. The van der Waals surface area contributed by atoms with Gasteiger partial charge in [0, 0.05) is 52.9 Å². The lowest BCUT2D eigenvalue weighted by molar-refractivity contribution is -0.118. The first-order chi connectivity index (χ1) is 21.4. The number of carbonyl (C=O) groups is 1. The Morgan fingerprint density at radius 2 is 1.78 bits per heavy atom. The molecule has 4 aromatic rings. The second-order valence-corrected chi connectivity index (χ2v) is 11.6. The largest absolute Gasteiger partial charge is 0.494 e.